The van der Waals surface area contributed by atoms with Crippen molar-refractivity contribution in [2.75, 3.05) is 0 Å². The summed E-state index contributed by atoms with van der Waals surface area (Å²) in [6, 6.07) is 0. The molecule has 0 rings (SSSR count). The molecule has 0 fully saturated rings. The van der Waals surface area contributed by atoms with Gasteiger partial charge in [-0.25, -0.2) is 8.42 Å². The molecular weight excluding hydrogens is 136 g/mol. The Hall–Kier alpha value is -0.0500. The molecule has 0 N–H and O–H groups in total. The first-order chi connectivity index (χ1) is 4.00. The van der Waals surface area contributed by atoms with Gasteiger partial charge in [0.1, 0.15) is 0 Å². The largest absolute Gasteiger partial charge is 0.228 e. The van der Waals surface area contributed by atoms with Crippen molar-refractivity contribution in [2.45, 2.75) is 32.4 Å². The molecule has 0 heterocycles. The van der Waals surface area contributed by atoms with Gasteiger partial charge in [-0.05, 0) is 20.3 Å². The number of hydrogen-bond donors (Lipinski definition) is 0. The smallest absolute Gasteiger partial charge is 0.156 e. The Morgan fingerprint density at radius 1 is 1.44 bits per heavy atom. The van der Waals surface area contributed by atoms with Crippen LogP contribution in [-0.4, -0.2) is 13.7 Å². The monoisotopic (exact) mass is 149 g/mol. The SMILES string of the molecule is CC[CH]S(=O)(=O)C(C)C. The maximum Gasteiger partial charge on any atom is 0.156 e. The molecule has 0 saturated carbocycles. The molecule has 3 heteroatoms. The van der Waals surface area contributed by atoms with Gasteiger partial charge in [0.15, 0.2) is 9.84 Å². The van der Waals surface area contributed by atoms with E-state index in [0.717, 1.165) is 0 Å². The third kappa shape index (κ3) is 2.84. The molecule has 0 amide bonds. The molecule has 0 aliphatic carbocycles. The van der Waals surface area contributed by atoms with E-state index in [-0.39, 0.29) is 5.25 Å². The summed E-state index contributed by atoms with van der Waals surface area (Å²) in [4.78, 5) is 0. The first-order valence-corrected chi connectivity index (χ1v) is 4.68. The van der Waals surface area contributed by atoms with E-state index in [9.17, 15) is 8.42 Å². The second-order valence-corrected chi connectivity index (χ2v) is 4.67. The van der Waals surface area contributed by atoms with E-state index in [2.05, 4.69) is 0 Å². The molecule has 0 atom stereocenters. The lowest BCUT2D eigenvalue weighted by molar-refractivity contribution is 0.591. The van der Waals surface area contributed by atoms with Crippen molar-refractivity contribution in [1.82, 2.24) is 0 Å². The van der Waals surface area contributed by atoms with Gasteiger partial charge in [-0.15, -0.1) is 0 Å². The lowest BCUT2D eigenvalue weighted by Crippen LogP contribution is -2.12. The van der Waals surface area contributed by atoms with Crippen LogP contribution in [-0.2, 0) is 9.84 Å². The van der Waals surface area contributed by atoms with Gasteiger partial charge in [-0.1, -0.05) is 6.92 Å². The van der Waals surface area contributed by atoms with Crippen LogP contribution in [0.2, 0.25) is 0 Å². The maximum absolute atomic E-state index is 10.9. The van der Waals surface area contributed by atoms with Gasteiger partial charge >= 0.3 is 0 Å². The maximum atomic E-state index is 10.9. The molecule has 0 aliphatic rings. The van der Waals surface area contributed by atoms with Crippen molar-refractivity contribution < 1.29 is 8.42 Å². The van der Waals surface area contributed by atoms with E-state index < -0.39 is 9.84 Å². The molecule has 0 saturated heterocycles. The predicted molar refractivity (Wildman–Crippen MR) is 38.6 cm³/mol. The van der Waals surface area contributed by atoms with Crippen molar-refractivity contribution in [3.63, 3.8) is 0 Å². The predicted octanol–water partition coefficient (Wildman–Crippen LogP) is 1.38. The zero-order valence-electron chi connectivity index (χ0n) is 6.09. The van der Waals surface area contributed by atoms with Gasteiger partial charge < -0.3 is 0 Å². The summed E-state index contributed by atoms with van der Waals surface area (Å²) >= 11 is 0. The van der Waals surface area contributed by atoms with Gasteiger partial charge in [-0.2, -0.15) is 0 Å². The highest BCUT2D eigenvalue weighted by molar-refractivity contribution is 7.93. The minimum Gasteiger partial charge on any atom is -0.228 e. The van der Waals surface area contributed by atoms with Crippen LogP contribution in [0.15, 0.2) is 0 Å². The molecular formula is C6H13O2S. The number of hydrogen-bond acceptors (Lipinski definition) is 2. The van der Waals surface area contributed by atoms with Crippen LogP contribution >= 0.6 is 0 Å². The third-order valence-corrected chi connectivity index (χ3v) is 3.17. The van der Waals surface area contributed by atoms with E-state index in [1.807, 2.05) is 6.92 Å². The fourth-order valence-corrected chi connectivity index (χ4v) is 1.27. The topological polar surface area (TPSA) is 34.1 Å². The van der Waals surface area contributed by atoms with E-state index in [0.29, 0.717) is 6.42 Å². The van der Waals surface area contributed by atoms with Crippen LogP contribution in [0, 0.1) is 5.75 Å². The fraction of sp³-hybridized carbons (Fsp3) is 0.833. The van der Waals surface area contributed by atoms with Gasteiger partial charge in [0.05, 0.1) is 11.0 Å². The lowest BCUT2D eigenvalue weighted by Gasteiger charge is -2.03. The molecule has 0 bridgehead atoms. The minimum atomic E-state index is -2.87. The highest BCUT2D eigenvalue weighted by Gasteiger charge is 2.13. The third-order valence-electron chi connectivity index (χ3n) is 1.06. The molecule has 0 unspecified atom stereocenters. The standard InChI is InChI=1S/C6H13O2S/c1-4-5-9(7,8)6(2)3/h5-6H,4H2,1-3H3. The van der Waals surface area contributed by atoms with Gasteiger partial charge in [-0.3, -0.25) is 0 Å². The van der Waals surface area contributed by atoms with Crippen LogP contribution in [0.1, 0.15) is 27.2 Å². The molecule has 1 radical (unpaired) electrons. The number of rotatable bonds is 3. The summed E-state index contributed by atoms with van der Waals surface area (Å²) in [5, 5.41) is -0.266. The summed E-state index contributed by atoms with van der Waals surface area (Å²) < 4.78 is 21.7. The molecule has 0 aliphatic heterocycles. The average Bonchev–Trinajstić information content (AvgIpc) is 1.65. The average molecular weight is 149 g/mol. The van der Waals surface area contributed by atoms with Crippen molar-refractivity contribution in [2.24, 2.45) is 0 Å². The van der Waals surface area contributed by atoms with Crippen LogP contribution < -0.4 is 0 Å². The molecule has 2 nitrogen and oxygen atoms in total. The molecule has 0 aromatic heterocycles. The summed E-state index contributed by atoms with van der Waals surface area (Å²) in [5.41, 5.74) is 0. The number of sulfone groups is 1. The van der Waals surface area contributed by atoms with E-state index in [4.69, 9.17) is 0 Å². The van der Waals surface area contributed by atoms with Gasteiger partial charge in [0, 0.05) is 0 Å². The van der Waals surface area contributed by atoms with Crippen molar-refractivity contribution in [1.29, 1.82) is 0 Å². The molecule has 0 spiro atoms. The second-order valence-electron chi connectivity index (χ2n) is 2.21. The fourth-order valence-electron chi connectivity index (χ4n) is 0.425. The first kappa shape index (κ1) is 8.95. The summed E-state index contributed by atoms with van der Waals surface area (Å²) in [6.45, 7) is 5.18. The Morgan fingerprint density at radius 2 is 1.89 bits per heavy atom. The minimum absolute atomic E-state index is 0.266. The van der Waals surface area contributed by atoms with E-state index in [1.54, 1.807) is 13.8 Å². The molecule has 9 heavy (non-hydrogen) atoms. The Bertz CT molecular complexity index is 156. The quantitative estimate of drug-likeness (QED) is 0.607. The zero-order valence-corrected chi connectivity index (χ0v) is 6.90. The Morgan fingerprint density at radius 3 is 2.00 bits per heavy atom. The Kier molecular flexibility index (Phi) is 3.18. The lowest BCUT2D eigenvalue weighted by atomic mass is 10.6. The second kappa shape index (κ2) is 3.20. The van der Waals surface area contributed by atoms with Gasteiger partial charge in [0.2, 0.25) is 0 Å². The molecule has 0 aromatic rings. The van der Waals surface area contributed by atoms with Gasteiger partial charge in [0.25, 0.3) is 0 Å². The van der Waals surface area contributed by atoms with Crippen LogP contribution in [0.5, 0.6) is 0 Å². The highest BCUT2D eigenvalue weighted by Crippen LogP contribution is 2.05. The van der Waals surface area contributed by atoms with Crippen LogP contribution in [0.3, 0.4) is 0 Å². The highest BCUT2D eigenvalue weighted by atomic mass is 32.2. The molecule has 0 aromatic carbocycles. The van der Waals surface area contributed by atoms with Crippen LogP contribution in [0.25, 0.3) is 0 Å². The van der Waals surface area contributed by atoms with Crippen molar-refractivity contribution in [3.05, 3.63) is 5.75 Å². The van der Waals surface area contributed by atoms with Crippen molar-refractivity contribution in [3.8, 4) is 0 Å². The van der Waals surface area contributed by atoms with Crippen molar-refractivity contribution >= 4 is 9.84 Å². The van der Waals surface area contributed by atoms with E-state index >= 15 is 0 Å². The zero-order chi connectivity index (χ0) is 7.49. The summed E-state index contributed by atoms with van der Waals surface area (Å²) in [7, 11) is -2.87. The first-order valence-electron chi connectivity index (χ1n) is 3.07. The Balaban J connectivity index is 4.05. The Labute approximate surface area is 57.2 Å². The molecule has 55 valence electrons. The summed E-state index contributed by atoms with van der Waals surface area (Å²) in [5.74, 6) is 1.36. The van der Waals surface area contributed by atoms with E-state index in [1.165, 1.54) is 5.75 Å². The van der Waals surface area contributed by atoms with Crippen LogP contribution in [0.4, 0.5) is 0 Å². The summed E-state index contributed by atoms with van der Waals surface area (Å²) in [6.07, 6.45) is 0.598. The normalized spacial score (nSPS) is 12.4.